The molecule has 1 saturated carbocycles. The molecule has 0 radical (unpaired) electrons. The summed E-state index contributed by atoms with van der Waals surface area (Å²) in [5.74, 6) is -1.30. The molecule has 2 rings (SSSR count). The van der Waals surface area contributed by atoms with Crippen molar-refractivity contribution in [2.75, 3.05) is 0 Å². The summed E-state index contributed by atoms with van der Waals surface area (Å²) in [5.41, 5.74) is 0.197. The average molecular weight is 222 g/mol. The monoisotopic (exact) mass is 222 g/mol. The molecule has 1 aromatic heterocycles. The van der Waals surface area contributed by atoms with Crippen molar-refractivity contribution in [2.45, 2.75) is 38.0 Å². The lowest BCUT2D eigenvalue weighted by atomic mass is 9.86. The van der Waals surface area contributed by atoms with Gasteiger partial charge in [-0.15, -0.1) is 0 Å². The highest BCUT2D eigenvalue weighted by atomic mass is 16.4. The molecular formula is C11H14N2O3. The fraction of sp³-hybridized carbons (Fsp3) is 0.545. The fourth-order valence-corrected chi connectivity index (χ4v) is 2.22. The van der Waals surface area contributed by atoms with Crippen molar-refractivity contribution in [2.24, 2.45) is 0 Å². The molecule has 1 heterocycles. The van der Waals surface area contributed by atoms with Crippen LogP contribution in [-0.4, -0.2) is 26.2 Å². The Morgan fingerprint density at radius 1 is 1.25 bits per heavy atom. The number of nitrogens with zero attached hydrogens (tertiary/aromatic N) is 2. The minimum absolute atomic E-state index is 0.176. The first-order valence-corrected chi connectivity index (χ1v) is 5.47. The largest absolute Gasteiger partial charge is 0.504 e. The minimum Gasteiger partial charge on any atom is -0.504 e. The lowest BCUT2D eigenvalue weighted by molar-refractivity contribution is 0.0686. The Kier molecular flexibility index (Phi) is 3.03. The van der Waals surface area contributed by atoms with Crippen molar-refractivity contribution in [1.82, 2.24) is 9.97 Å². The number of hydrogen-bond donors (Lipinski definition) is 2. The van der Waals surface area contributed by atoms with Gasteiger partial charge in [0.2, 0.25) is 0 Å². The van der Waals surface area contributed by atoms with Crippen LogP contribution in [0.3, 0.4) is 0 Å². The number of rotatable bonds is 2. The van der Waals surface area contributed by atoms with Gasteiger partial charge in [-0.25, -0.2) is 14.8 Å². The van der Waals surface area contributed by atoms with Crippen LogP contribution in [0.5, 0.6) is 5.75 Å². The summed E-state index contributed by atoms with van der Waals surface area (Å²) in [6, 6.07) is 0. The Balaban J connectivity index is 2.33. The SMILES string of the molecule is O=C(O)c1ncnc(C2CCCCC2)c1O. The van der Waals surface area contributed by atoms with Gasteiger partial charge in [-0.2, -0.15) is 0 Å². The Morgan fingerprint density at radius 2 is 1.94 bits per heavy atom. The second-order valence-corrected chi connectivity index (χ2v) is 4.10. The molecule has 0 aromatic carbocycles. The van der Waals surface area contributed by atoms with Gasteiger partial charge < -0.3 is 10.2 Å². The fourth-order valence-electron chi connectivity index (χ4n) is 2.22. The molecule has 5 nitrogen and oxygen atoms in total. The molecule has 1 fully saturated rings. The molecule has 0 bridgehead atoms. The van der Waals surface area contributed by atoms with E-state index < -0.39 is 5.97 Å². The zero-order chi connectivity index (χ0) is 11.5. The Labute approximate surface area is 93.2 Å². The third kappa shape index (κ3) is 1.98. The molecule has 0 atom stereocenters. The summed E-state index contributed by atoms with van der Waals surface area (Å²) in [7, 11) is 0. The van der Waals surface area contributed by atoms with E-state index in [4.69, 9.17) is 5.11 Å². The Morgan fingerprint density at radius 3 is 2.56 bits per heavy atom. The number of carbonyl (C=O) groups is 1. The highest BCUT2D eigenvalue weighted by molar-refractivity contribution is 5.88. The van der Waals surface area contributed by atoms with Gasteiger partial charge in [0.15, 0.2) is 11.4 Å². The van der Waals surface area contributed by atoms with Gasteiger partial charge in [-0.1, -0.05) is 19.3 Å². The number of carboxylic acid groups (broad SMARTS) is 1. The maximum Gasteiger partial charge on any atom is 0.358 e. The molecule has 0 aliphatic heterocycles. The van der Waals surface area contributed by atoms with Crippen LogP contribution < -0.4 is 0 Å². The molecule has 5 heteroatoms. The Hall–Kier alpha value is -1.65. The van der Waals surface area contributed by atoms with Crippen LogP contribution in [0.2, 0.25) is 0 Å². The molecule has 2 N–H and O–H groups in total. The van der Waals surface area contributed by atoms with Gasteiger partial charge in [0.1, 0.15) is 6.33 Å². The second-order valence-electron chi connectivity index (χ2n) is 4.10. The number of aromatic hydroxyl groups is 1. The van der Waals surface area contributed by atoms with E-state index >= 15 is 0 Å². The van der Waals surface area contributed by atoms with Gasteiger partial charge >= 0.3 is 5.97 Å². The van der Waals surface area contributed by atoms with Crippen LogP contribution >= 0.6 is 0 Å². The van der Waals surface area contributed by atoms with Gasteiger partial charge in [-0.3, -0.25) is 0 Å². The standard InChI is InChI=1S/C11H14N2O3/c14-10-8(7-4-2-1-3-5-7)12-6-13-9(10)11(15)16/h6-7,14H,1-5H2,(H,15,16). The van der Waals surface area contributed by atoms with Crippen molar-refractivity contribution < 1.29 is 15.0 Å². The summed E-state index contributed by atoms with van der Waals surface area (Å²) >= 11 is 0. The van der Waals surface area contributed by atoms with Crippen LogP contribution in [-0.2, 0) is 0 Å². The summed E-state index contributed by atoms with van der Waals surface area (Å²) in [6.07, 6.45) is 6.56. The molecule has 0 amide bonds. The lowest BCUT2D eigenvalue weighted by Gasteiger charge is -2.21. The van der Waals surface area contributed by atoms with Crippen LogP contribution in [0.25, 0.3) is 0 Å². The summed E-state index contributed by atoms with van der Waals surface area (Å²) < 4.78 is 0. The average Bonchev–Trinajstić information content (AvgIpc) is 2.30. The highest BCUT2D eigenvalue weighted by Crippen LogP contribution is 2.36. The zero-order valence-corrected chi connectivity index (χ0v) is 8.89. The predicted octanol–water partition coefficient (Wildman–Crippen LogP) is 1.93. The smallest absolute Gasteiger partial charge is 0.358 e. The maximum atomic E-state index is 10.8. The number of aromatic carboxylic acids is 1. The second kappa shape index (κ2) is 4.47. The number of hydrogen-bond acceptors (Lipinski definition) is 4. The highest BCUT2D eigenvalue weighted by Gasteiger charge is 2.24. The van der Waals surface area contributed by atoms with Gasteiger partial charge in [0, 0.05) is 5.92 Å². The van der Waals surface area contributed by atoms with Crippen LogP contribution in [0, 0.1) is 0 Å². The third-order valence-corrected chi connectivity index (χ3v) is 3.05. The first-order valence-electron chi connectivity index (χ1n) is 5.47. The van der Waals surface area contributed by atoms with E-state index in [1.807, 2.05) is 0 Å². The van der Waals surface area contributed by atoms with Crippen molar-refractivity contribution >= 4 is 5.97 Å². The van der Waals surface area contributed by atoms with E-state index in [1.54, 1.807) is 0 Å². The van der Waals surface area contributed by atoms with Gasteiger partial charge in [-0.05, 0) is 12.8 Å². The van der Waals surface area contributed by atoms with E-state index in [0.29, 0.717) is 5.69 Å². The summed E-state index contributed by atoms with van der Waals surface area (Å²) in [6.45, 7) is 0. The van der Waals surface area contributed by atoms with Gasteiger partial charge in [0.05, 0.1) is 5.69 Å². The van der Waals surface area contributed by atoms with Crippen LogP contribution in [0.15, 0.2) is 6.33 Å². The van der Waals surface area contributed by atoms with Crippen molar-refractivity contribution in [3.8, 4) is 5.75 Å². The first kappa shape index (κ1) is 10.9. The molecule has 0 unspecified atom stereocenters. The van der Waals surface area contributed by atoms with Crippen molar-refractivity contribution in [3.63, 3.8) is 0 Å². The molecule has 1 aromatic rings. The molecule has 86 valence electrons. The number of carboxylic acids is 1. The Bertz CT molecular complexity index is 400. The van der Waals surface area contributed by atoms with Crippen molar-refractivity contribution in [3.05, 3.63) is 17.7 Å². The lowest BCUT2D eigenvalue weighted by Crippen LogP contribution is -2.10. The van der Waals surface area contributed by atoms with Crippen molar-refractivity contribution in [1.29, 1.82) is 0 Å². The molecule has 16 heavy (non-hydrogen) atoms. The van der Waals surface area contributed by atoms with E-state index in [-0.39, 0.29) is 17.4 Å². The predicted molar refractivity (Wildman–Crippen MR) is 56.5 cm³/mol. The zero-order valence-electron chi connectivity index (χ0n) is 8.89. The van der Waals surface area contributed by atoms with Gasteiger partial charge in [0.25, 0.3) is 0 Å². The minimum atomic E-state index is -1.21. The van der Waals surface area contributed by atoms with E-state index in [0.717, 1.165) is 25.7 Å². The summed E-state index contributed by atoms with van der Waals surface area (Å²) in [4.78, 5) is 18.4. The normalized spacial score (nSPS) is 17.2. The maximum absolute atomic E-state index is 10.8. The topological polar surface area (TPSA) is 83.3 Å². The molecule has 1 aliphatic rings. The number of aromatic nitrogens is 2. The van der Waals surface area contributed by atoms with E-state index in [2.05, 4.69) is 9.97 Å². The first-order chi connectivity index (χ1) is 7.70. The van der Waals surface area contributed by atoms with Crippen LogP contribution in [0.1, 0.15) is 54.2 Å². The molecule has 0 spiro atoms. The molecular weight excluding hydrogens is 208 g/mol. The molecule has 0 saturated heterocycles. The summed E-state index contributed by atoms with van der Waals surface area (Å²) in [5, 5.41) is 18.6. The third-order valence-electron chi connectivity index (χ3n) is 3.05. The van der Waals surface area contributed by atoms with E-state index in [1.165, 1.54) is 12.7 Å². The molecule has 1 aliphatic carbocycles. The van der Waals surface area contributed by atoms with Crippen LogP contribution in [0.4, 0.5) is 0 Å². The quantitative estimate of drug-likeness (QED) is 0.798. The van der Waals surface area contributed by atoms with E-state index in [9.17, 15) is 9.90 Å².